The van der Waals surface area contributed by atoms with E-state index < -0.39 is 12.0 Å². The zero-order valence-corrected chi connectivity index (χ0v) is 17.9. The first kappa shape index (κ1) is 21.8. The molecule has 0 bridgehead atoms. The van der Waals surface area contributed by atoms with Crippen LogP contribution in [0.5, 0.6) is 5.75 Å². The highest BCUT2D eigenvalue weighted by molar-refractivity contribution is 6.13. The van der Waals surface area contributed by atoms with Gasteiger partial charge in [0.2, 0.25) is 0 Å². The molecular weight excluding hydrogens is 420 g/mol. The Morgan fingerprint density at radius 1 is 1.00 bits per heavy atom. The normalized spacial score (nSPS) is 14.5. The maximum atomic E-state index is 12.7. The molecule has 0 unspecified atom stereocenters. The van der Waals surface area contributed by atoms with Crippen LogP contribution >= 0.6 is 0 Å². The minimum absolute atomic E-state index is 0.206. The van der Waals surface area contributed by atoms with Crippen LogP contribution in [0.4, 0.5) is 4.79 Å². The van der Waals surface area contributed by atoms with Crippen molar-refractivity contribution in [1.82, 2.24) is 10.2 Å². The molecule has 0 saturated carbocycles. The summed E-state index contributed by atoms with van der Waals surface area (Å²) >= 11 is 0. The van der Waals surface area contributed by atoms with Gasteiger partial charge in [0.05, 0.1) is 12.1 Å². The van der Waals surface area contributed by atoms with Crippen molar-refractivity contribution in [3.05, 3.63) is 106 Å². The number of carbonyl (C=O) groups is 3. The van der Waals surface area contributed by atoms with Crippen LogP contribution in [-0.2, 0) is 17.9 Å². The Kier molecular flexibility index (Phi) is 6.22. The van der Waals surface area contributed by atoms with Crippen molar-refractivity contribution in [3.8, 4) is 5.75 Å². The predicted molar refractivity (Wildman–Crippen MR) is 122 cm³/mol. The van der Waals surface area contributed by atoms with E-state index in [1.807, 2.05) is 31.2 Å². The number of carboxylic acids is 1. The van der Waals surface area contributed by atoms with Gasteiger partial charge in [0.1, 0.15) is 18.1 Å². The summed E-state index contributed by atoms with van der Waals surface area (Å²) in [5.41, 5.74) is 3.88. The quantitative estimate of drug-likeness (QED) is 0.419. The van der Waals surface area contributed by atoms with Crippen LogP contribution < -0.4 is 10.1 Å². The summed E-state index contributed by atoms with van der Waals surface area (Å²) in [6, 6.07) is 20.8. The molecule has 0 aliphatic carbocycles. The zero-order chi connectivity index (χ0) is 23.4. The Morgan fingerprint density at radius 2 is 1.73 bits per heavy atom. The fraction of sp³-hybridized carbons (Fsp3) is 0.115. The molecule has 0 radical (unpaired) electrons. The molecule has 1 fully saturated rings. The molecule has 2 N–H and O–H groups in total. The third-order valence-electron chi connectivity index (χ3n) is 5.19. The van der Waals surface area contributed by atoms with Gasteiger partial charge in [0.25, 0.3) is 5.91 Å². The van der Waals surface area contributed by atoms with E-state index in [0.29, 0.717) is 5.75 Å². The average Bonchev–Trinajstić information content (AvgIpc) is 3.07. The van der Waals surface area contributed by atoms with E-state index in [-0.39, 0.29) is 30.3 Å². The second-order valence-corrected chi connectivity index (χ2v) is 7.73. The van der Waals surface area contributed by atoms with Crippen LogP contribution in [0.3, 0.4) is 0 Å². The van der Waals surface area contributed by atoms with Gasteiger partial charge in [-0.3, -0.25) is 9.69 Å². The number of amides is 3. The number of carboxylic acid groups (broad SMARTS) is 1. The molecule has 4 rings (SSSR count). The molecule has 0 aromatic heterocycles. The van der Waals surface area contributed by atoms with Crippen molar-refractivity contribution >= 4 is 24.0 Å². The lowest BCUT2D eigenvalue weighted by Crippen LogP contribution is -2.30. The van der Waals surface area contributed by atoms with Gasteiger partial charge in [-0.15, -0.1) is 0 Å². The second-order valence-electron chi connectivity index (χ2n) is 7.73. The largest absolute Gasteiger partial charge is 0.489 e. The van der Waals surface area contributed by atoms with Gasteiger partial charge < -0.3 is 15.2 Å². The van der Waals surface area contributed by atoms with Crippen LogP contribution in [-0.4, -0.2) is 27.9 Å². The summed E-state index contributed by atoms with van der Waals surface area (Å²) < 4.78 is 5.72. The summed E-state index contributed by atoms with van der Waals surface area (Å²) in [5, 5.41) is 11.7. The van der Waals surface area contributed by atoms with E-state index in [1.54, 1.807) is 48.5 Å². The Labute approximate surface area is 190 Å². The fourth-order valence-electron chi connectivity index (χ4n) is 3.38. The lowest BCUT2D eigenvalue weighted by Gasteiger charge is -2.11. The maximum Gasteiger partial charge on any atom is 0.335 e. The van der Waals surface area contributed by atoms with Gasteiger partial charge >= 0.3 is 12.0 Å². The number of urea groups is 1. The minimum Gasteiger partial charge on any atom is -0.489 e. The van der Waals surface area contributed by atoms with Crippen LogP contribution in [0, 0.1) is 6.92 Å². The van der Waals surface area contributed by atoms with Crippen LogP contribution in [0.15, 0.2) is 78.5 Å². The highest BCUT2D eigenvalue weighted by Gasteiger charge is 2.33. The topological polar surface area (TPSA) is 95.9 Å². The Hall–Kier alpha value is -4.39. The lowest BCUT2D eigenvalue weighted by atomic mass is 10.1. The van der Waals surface area contributed by atoms with Gasteiger partial charge in [0.15, 0.2) is 0 Å². The molecule has 7 nitrogen and oxygen atoms in total. The van der Waals surface area contributed by atoms with E-state index in [2.05, 4.69) is 5.32 Å². The third kappa shape index (κ3) is 5.27. The summed E-state index contributed by atoms with van der Waals surface area (Å²) in [4.78, 5) is 37.2. The number of imide groups is 1. The van der Waals surface area contributed by atoms with E-state index >= 15 is 0 Å². The summed E-state index contributed by atoms with van der Waals surface area (Å²) in [7, 11) is 0. The molecule has 3 amide bonds. The molecule has 1 aliphatic rings. The van der Waals surface area contributed by atoms with Crippen molar-refractivity contribution < 1.29 is 24.2 Å². The number of hydrogen-bond donors (Lipinski definition) is 2. The number of aryl methyl sites for hydroxylation is 1. The minimum atomic E-state index is -0.986. The Morgan fingerprint density at radius 3 is 2.42 bits per heavy atom. The highest BCUT2D eigenvalue weighted by Crippen LogP contribution is 2.20. The van der Waals surface area contributed by atoms with Gasteiger partial charge in [0, 0.05) is 0 Å². The second kappa shape index (κ2) is 9.40. The third-order valence-corrected chi connectivity index (χ3v) is 5.19. The molecule has 0 spiro atoms. The fourth-order valence-corrected chi connectivity index (χ4v) is 3.38. The van der Waals surface area contributed by atoms with Crippen LogP contribution in [0.1, 0.15) is 32.6 Å². The number of rotatable bonds is 7. The number of benzene rings is 3. The molecule has 7 heteroatoms. The van der Waals surface area contributed by atoms with Crippen LogP contribution in [0.2, 0.25) is 0 Å². The van der Waals surface area contributed by atoms with Gasteiger partial charge in [-0.05, 0) is 54.0 Å². The van der Waals surface area contributed by atoms with E-state index in [1.165, 1.54) is 11.0 Å². The van der Waals surface area contributed by atoms with Crippen LogP contribution in [0.25, 0.3) is 6.08 Å². The molecule has 1 heterocycles. The number of carbonyl (C=O) groups excluding carboxylic acids is 2. The number of ether oxygens (including phenoxy) is 1. The number of aromatic carboxylic acids is 1. The first-order valence-electron chi connectivity index (χ1n) is 10.3. The Balaban J connectivity index is 1.39. The molecule has 33 heavy (non-hydrogen) atoms. The van der Waals surface area contributed by atoms with E-state index in [9.17, 15) is 14.4 Å². The van der Waals surface area contributed by atoms with Crippen molar-refractivity contribution in [2.45, 2.75) is 20.1 Å². The maximum absolute atomic E-state index is 12.7. The predicted octanol–water partition coefficient (Wildman–Crippen LogP) is 4.37. The molecular formula is C26H22N2O5. The van der Waals surface area contributed by atoms with Gasteiger partial charge in [-0.2, -0.15) is 0 Å². The first-order chi connectivity index (χ1) is 15.9. The SMILES string of the molecule is Cc1ccc(CN2C(=O)N/C(=C/c3ccc(OCc4cccc(C(=O)O)c4)cc3)C2=O)cc1. The zero-order valence-electron chi connectivity index (χ0n) is 17.9. The molecule has 3 aromatic rings. The highest BCUT2D eigenvalue weighted by atomic mass is 16.5. The summed E-state index contributed by atoms with van der Waals surface area (Å²) in [6.07, 6.45) is 1.62. The molecule has 0 atom stereocenters. The number of nitrogens with one attached hydrogen (secondary N) is 1. The van der Waals surface area contributed by atoms with Gasteiger partial charge in [-0.1, -0.05) is 54.1 Å². The first-order valence-corrected chi connectivity index (χ1v) is 10.3. The summed E-state index contributed by atoms with van der Waals surface area (Å²) in [5.74, 6) is -0.764. The van der Waals surface area contributed by atoms with Crippen molar-refractivity contribution in [2.75, 3.05) is 0 Å². The summed E-state index contributed by atoms with van der Waals surface area (Å²) in [6.45, 7) is 2.41. The van der Waals surface area contributed by atoms with E-state index in [4.69, 9.17) is 9.84 Å². The van der Waals surface area contributed by atoms with Crippen molar-refractivity contribution in [3.63, 3.8) is 0 Å². The Bertz CT molecular complexity index is 1230. The van der Waals surface area contributed by atoms with E-state index in [0.717, 1.165) is 22.3 Å². The van der Waals surface area contributed by atoms with Crippen molar-refractivity contribution in [2.24, 2.45) is 0 Å². The monoisotopic (exact) mass is 442 g/mol. The number of hydrogen-bond acceptors (Lipinski definition) is 4. The van der Waals surface area contributed by atoms with Crippen molar-refractivity contribution in [1.29, 1.82) is 0 Å². The average molecular weight is 442 g/mol. The smallest absolute Gasteiger partial charge is 0.335 e. The molecule has 166 valence electrons. The molecule has 3 aromatic carbocycles. The van der Waals surface area contributed by atoms with Gasteiger partial charge in [-0.25, -0.2) is 9.59 Å². The molecule has 1 aliphatic heterocycles. The molecule has 1 saturated heterocycles. The lowest BCUT2D eigenvalue weighted by molar-refractivity contribution is -0.123. The standard InChI is InChI=1S/C26H22N2O5/c1-17-5-7-19(8-6-17)15-28-24(29)23(27-26(28)32)14-18-9-11-22(12-10-18)33-16-20-3-2-4-21(13-20)25(30)31/h2-14H,15-16H2,1H3,(H,27,32)(H,30,31)/b23-14+. The number of nitrogens with zero attached hydrogens (tertiary/aromatic N) is 1.